The molecular weight excluding hydrogens is 546 g/mol. The average Bonchev–Trinajstić information content (AvgIpc) is 3.01. The van der Waals surface area contributed by atoms with Crippen LogP contribution in [0.2, 0.25) is 0 Å². The molecule has 0 amide bonds. The van der Waals surface area contributed by atoms with E-state index in [2.05, 4.69) is 21.6 Å². The summed E-state index contributed by atoms with van der Waals surface area (Å²) in [7, 11) is -3.60. The van der Waals surface area contributed by atoms with Crippen LogP contribution in [-0.4, -0.2) is 35.3 Å². The highest BCUT2D eigenvalue weighted by atomic mass is 32.2. The van der Waals surface area contributed by atoms with Crippen molar-refractivity contribution in [2.75, 3.05) is 5.75 Å². The molecule has 0 radical (unpaired) electrons. The van der Waals surface area contributed by atoms with Gasteiger partial charge in [-0.25, -0.2) is 23.1 Å². The Morgan fingerprint density at radius 3 is 2.17 bits per heavy atom. The second kappa shape index (κ2) is 13.0. The lowest BCUT2D eigenvalue weighted by Crippen LogP contribution is -2.38. The number of benzene rings is 3. The molecule has 2 heterocycles. The van der Waals surface area contributed by atoms with Crippen molar-refractivity contribution in [3.8, 4) is 0 Å². The molecule has 1 fully saturated rings. The molecule has 1 aliphatic rings. The molecule has 40 heavy (non-hydrogen) atoms. The van der Waals surface area contributed by atoms with Gasteiger partial charge in [0.15, 0.2) is 11.4 Å². The summed E-state index contributed by atoms with van der Waals surface area (Å²) < 4.78 is 40.8. The molecule has 10 heteroatoms. The molecule has 1 aromatic heterocycles. The summed E-state index contributed by atoms with van der Waals surface area (Å²) >= 11 is 1.54. The number of hydrogen-bond acceptors (Lipinski definition) is 8. The summed E-state index contributed by atoms with van der Waals surface area (Å²) in [5, 5.41) is 10.1. The summed E-state index contributed by atoms with van der Waals surface area (Å²) in [5.74, 6) is 0.689. The smallest absolute Gasteiger partial charge is 0.240 e. The van der Waals surface area contributed by atoms with E-state index in [1.165, 1.54) is 11.8 Å². The van der Waals surface area contributed by atoms with Crippen molar-refractivity contribution in [1.29, 1.82) is 0 Å². The zero-order chi connectivity index (χ0) is 28.0. The summed E-state index contributed by atoms with van der Waals surface area (Å²) in [6, 6.07) is 25.4. The van der Waals surface area contributed by atoms with E-state index < -0.39 is 16.3 Å². The molecule has 0 bridgehead atoms. The van der Waals surface area contributed by atoms with Crippen molar-refractivity contribution >= 4 is 21.8 Å². The van der Waals surface area contributed by atoms with E-state index in [0.717, 1.165) is 22.3 Å². The Morgan fingerprint density at radius 1 is 0.850 bits per heavy atom. The molecule has 0 saturated carbocycles. The predicted octanol–water partition coefficient (Wildman–Crippen LogP) is 5.03. The number of rotatable bonds is 10. The van der Waals surface area contributed by atoms with Crippen molar-refractivity contribution in [3.05, 3.63) is 120 Å². The first-order chi connectivity index (χ1) is 19.4. The summed E-state index contributed by atoms with van der Waals surface area (Å²) in [6.45, 7) is 2.26. The molecule has 5 rings (SSSR count). The number of aliphatic hydroxyl groups is 1. The average molecular weight is 578 g/mol. The van der Waals surface area contributed by atoms with Gasteiger partial charge in [0.1, 0.15) is 0 Å². The second-order valence-corrected chi connectivity index (χ2v) is 12.3. The fourth-order valence-corrected chi connectivity index (χ4v) is 6.49. The van der Waals surface area contributed by atoms with Crippen LogP contribution in [0.25, 0.3) is 0 Å². The van der Waals surface area contributed by atoms with E-state index in [9.17, 15) is 13.5 Å². The van der Waals surface area contributed by atoms with Crippen LogP contribution < -0.4 is 4.72 Å². The first-order valence-electron chi connectivity index (χ1n) is 13.0. The molecule has 0 aliphatic carbocycles. The van der Waals surface area contributed by atoms with Crippen LogP contribution in [0.1, 0.15) is 41.6 Å². The number of nitrogens with one attached hydrogen (secondary N) is 1. The van der Waals surface area contributed by atoms with Gasteiger partial charge in [0, 0.05) is 36.2 Å². The van der Waals surface area contributed by atoms with Gasteiger partial charge in [-0.15, -0.1) is 0 Å². The number of thioether (sulfide) groups is 1. The van der Waals surface area contributed by atoms with Crippen LogP contribution in [0.5, 0.6) is 0 Å². The highest BCUT2D eigenvalue weighted by Gasteiger charge is 2.38. The van der Waals surface area contributed by atoms with Crippen molar-refractivity contribution in [2.45, 2.75) is 48.6 Å². The Hall–Kier alpha value is -3.12. The Bertz CT molecular complexity index is 1470. The monoisotopic (exact) mass is 577 g/mol. The third-order valence-electron chi connectivity index (χ3n) is 6.81. The minimum Gasteiger partial charge on any atom is -0.392 e. The zero-order valence-corrected chi connectivity index (χ0v) is 23.6. The highest BCUT2D eigenvalue weighted by molar-refractivity contribution is 7.99. The summed E-state index contributed by atoms with van der Waals surface area (Å²) in [5.41, 5.74) is 3.50. The molecule has 1 saturated heterocycles. The molecule has 4 aromatic rings. The molecule has 1 aliphatic heterocycles. The maximum atomic E-state index is 12.6. The third-order valence-corrected chi connectivity index (χ3v) is 9.20. The van der Waals surface area contributed by atoms with Crippen LogP contribution in [0, 0.1) is 5.92 Å². The van der Waals surface area contributed by atoms with E-state index in [1.54, 1.807) is 48.8 Å². The van der Waals surface area contributed by atoms with Crippen LogP contribution >= 0.6 is 11.8 Å². The molecule has 3 aromatic carbocycles. The van der Waals surface area contributed by atoms with Crippen molar-refractivity contribution in [2.24, 2.45) is 5.92 Å². The number of nitrogens with zero attached hydrogens (tertiary/aromatic N) is 2. The van der Waals surface area contributed by atoms with E-state index in [0.29, 0.717) is 10.9 Å². The lowest BCUT2D eigenvalue weighted by atomic mass is 9.91. The standard InChI is InChI=1S/C30H31N3O5S2/c1-21-27(20-39-30-31-16-5-17-32-30)37-29(38-28(21)24-12-10-23(19-34)11-13-24)25-14-8-22(9-15-25)18-33-40(35,36)26-6-3-2-4-7-26/h2-17,21,27-29,33-34H,18-20H2,1H3/t21-,27+,28+,29+/m1/s1. The van der Waals surface area contributed by atoms with Crippen LogP contribution in [0.4, 0.5) is 0 Å². The van der Waals surface area contributed by atoms with E-state index in [4.69, 9.17) is 9.47 Å². The summed E-state index contributed by atoms with van der Waals surface area (Å²) in [4.78, 5) is 8.87. The van der Waals surface area contributed by atoms with Gasteiger partial charge in [0.05, 0.1) is 23.7 Å². The molecule has 4 atom stereocenters. The maximum absolute atomic E-state index is 12.6. The fraction of sp³-hybridized carbons (Fsp3) is 0.267. The molecule has 8 nitrogen and oxygen atoms in total. The Morgan fingerprint density at radius 2 is 1.50 bits per heavy atom. The van der Waals surface area contributed by atoms with Gasteiger partial charge in [0.2, 0.25) is 10.0 Å². The number of ether oxygens (including phenoxy) is 2. The van der Waals surface area contributed by atoms with Gasteiger partial charge in [-0.2, -0.15) is 0 Å². The lowest BCUT2D eigenvalue weighted by Gasteiger charge is -2.41. The minimum atomic E-state index is -3.60. The molecule has 0 unspecified atom stereocenters. The zero-order valence-electron chi connectivity index (χ0n) is 22.0. The second-order valence-electron chi connectivity index (χ2n) is 9.54. The molecular formula is C30H31N3O5S2. The fourth-order valence-electron chi connectivity index (χ4n) is 4.48. The maximum Gasteiger partial charge on any atom is 0.240 e. The van der Waals surface area contributed by atoms with Gasteiger partial charge >= 0.3 is 0 Å². The lowest BCUT2D eigenvalue weighted by molar-refractivity contribution is -0.268. The van der Waals surface area contributed by atoms with E-state index in [1.807, 2.05) is 48.5 Å². The number of aromatic nitrogens is 2. The Balaban J connectivity index is 1.32. The van der Waals surface area contributed by atoms with Gasteiger partial charge in [0.25, 0.3) is 0 Å². The largest absolute Gasteiger partial charge is 0.392 e. The number of aliphatic hydroxyl groups excluding tert-OH is 1. The molecule has 0 spiro atoms. The number of hydrogen-bond donors (Lipinski definition) is 2. The van der Waals surface area contributed by atoms with Crippen molar-refractivity contribution in [3.63, 3.8) is 0 Å². The van der Waals surface area contributed by atoms with Gasteiger partial charge in [-0.1, -0.05) is 85.4 Å². The van der Waals surface area contributed by atoms with Crippen molar-refractivity contribution in [1.82, 2.24) is 14.7 Å². The Kier molecular flexibility index (Phi) is 9.25. The highest BCUT2D eigenvalue weighted by Crippen LogP contribution is 2.42. The van der Waals surface area contributed by atoms with Gasteiger partial charge in [-0.3, -0.25) is 0 Å². The van der Waals surface area contributed by atoms with Crippen LogP contribution in [-0.2, 0) is 32.6 Å². The predicted molar refractivity (Wildman–Crippen MR) is 153 cm³/mol. The minimum absolute atomic E-state index is 0.0166. The topological polar surface area (TPSA) is 111 Å². The first kappa shape index (κ1) is 28.4. The van der Waals surface area contributed by atoms with Gasteiger partial charge < -0.3 is 14.6 Å². The Labute approximate surface area is 238 Å². The quantitative estimate of drug-likeness (QED) is 0.200. The first-order valence-corrected chi connectivity index (χ1v) is 15.4. The molecule has 2 N–H and O–H groups in total. The van der Waals surface area contributed by atoms with E-state index >= 15 is 0 Å². The SMILES string of the molecule is C[C@@H]1[C@H](CSc2ncccn2)O[C@H](c2ccc(CNS(=O)(=O)c3ccccc3)cc2)O[C@@H]1c1ccc(CO)cc1. The third kappa shape index (κ3) is 6.95. The van der Waals surface area contributed by atoms with Gasteiger partial charge in [-0.05, 0) is 34.9 Å². The van der Waals surface area contributed by atoms with E-state index in [-0.39, 0.29) is 36.2 Å². The number of sulfonamides is 1. The van der Waals surface area contributed by atoms with Crippen molar-refractivity contribution < 1.29 is 23.0 Å². The normalized spacial score (nSPS) is 21.2. The summed E-state index contributed by atoms with van der Waals surface area (Å²) in [6.07, 6.45) is 2.45. The van der Waals surface area contributed by atoms with Crippen LogP contribution in [0.15, 0.2) is 107 Å². The molecule has 208 valence electrons. The van der Waals surface area contributed by atoms with Crippen LogP contribution in [0.3, 0.4) is 0 Å².